The Morgan fingerprint density at radius 1 is 1.00 bits per heavy atom. The molecule has 4 aromatic rings. The van der Waals surface area contributed by atoms with Gasteiger partial charge in [-0.3, -0.25) is 4.79 Å². The van der Waals surface area contributed by atoms with Crippen molar-refractivity contribution in [2.24, 2.45) is 0 Å². The number of benzene rings is 2. The Labute approximate surface area is 277 Å². The number of hydrogen-bond donors (Lipinski definition) is 2. The summed E-state index contributed by atoms with van der Waals surface area (Å²) in [5.41, 5.74) is 3.42. The van der Waals surface area contributed by atoms with Crippen molar-refractivity contribution in [3.05, 3.63) is 83.6 Å². The maximum atomic E-state index is 13.0. The van der Waals surface area contributed by atoms with Crippen molar-refractivity contribution < 1.29 is 18.7 Å². The summed E-state index contributed by atoms with van der Waals surface area (Å²) in [6.45, 7) is 7.85. The van der Waals surface area contributed by atoms with E-state index in [0.717, 1.165) is 29.3 Å². The maximum absolute atomic E-state index is 13.0. The second-order valence-electron chi connectivity index (χ2n) is 12.3. The topological polar surface area (TPSA) is 89.2 Å². The van der Waals surface area contributed by atoms with Crippen LogP contribution in [0, 0.1) is 0 Å². The summed E-state index contributed by atoms with van der Waals surface area (Å²) in [5.74, 6) is 0.442. The van der Waals surface area contributed by atoms with Crippen molar-refractivity contribution in [1.82, 2.24) is 24.4 Å². The summed E-state index contributed by atoms with van der Waals surface area (Å²) in [6.07, 6.45) is 4.16. The fraction of sp³-hybridized carbons (Fsp3) is 0.472. The van der Waals surface area contributed by atoms with Gasteiger partial charge in [0, 0.05) is 47.6 Å². The standard InChI is InChI=1S/C26H25F2N5O2.C8H18N2.C2H6/c27-23(28)19-5-7-20(8-6-19)26(17-35)11-14-32(15-12-26)22-2-1-13-33-24(22)30-25(31-33)29-21-9-3-18(16-34)4-10-21;1-9(2)8-4-6-10(3)7-5-8;1-2/h1-10,13,16,23,35H,11-12,14-15,17H2,(H,29,31);8H,4-7H2,1-3H3;1-2H3. The summed E-state index contributed by atoms with van der Waals surface area (Å²) in [7, 11) is 6.55. The van der Waals surface area contributed by atoms with Gasteiger partial charge in [0.25, 0.3) is 6.43 Å². The molecule has 2 aromatic heterocycles. The first-order valence-electron chi connectivity index (χ1n) is 16.5. The molecule has 2 aromatic carbocycles. The third kappa shape index (κ3) is 8.91. The van der Waals surface area contributed by atoms with E-state index in [1.165, 1.54) is 38.1 Å². The Bertz CT molecular complexity index is 1530. The van der Waals surface area contributed by atoms with Gasteiger partial charge in [-0.05, 0) is 102 Å². The van der Waals surface area contributed by atoms with E-state index in [2.05, 4.69) is 51.2 Å². The zero-order chi connectivity index (χ0) is 34.0. The van der Waals surface area contributed by atoms with Gasteiger partial charge in [0.1, 0.15) is 6.29 Å². The summed E-state index contributed by atoms with van der Waals surface area (Å²) >= 11 is 0. The molecule has 0 atom stereocenters. The van der Waals surface area contributed by atoms with Gasteiger partial charge in [-0.15, -0.1) is 5.10 Å². The van der Waals surface area contributed by atoms with E-state index in [1.54, 1.807) is 40.9 Å². The van der Waals surface area contributed by atoms with Crippen LogP contribution in [0.4, 0.5) is 26.1 Å². The molecular weight excluding hydrogens is 600 g/mol. The van der Waals surface area contributed by atoms with Crippen LogP contribution in [0.25, 0.3) is 5.65 Å². The SMILES string of the molecule is CC.CN1CCC(N(C)C)CC1.O=Cc1ccc(Nc2nc3c(N4CCC(CO)(c5ccc(C(F)F)cc5)CC4)cccn3n2)cc1. The van der Waals surface area contributed by atoms with Gasteiger partial charge in [-0.1, -0.05) is 38.1 Å². The molecule has 2 aliphatic heterocycles. The van der Waals surface area contributed by atoms with E-state index in [9.17, 15) is 18.7 Å². The van der Waals surface area contributed by atoms with E-state index < -0.39 is 11.8 Å². The molecule has 0 amide bonds. The second-order valence-corrected chi connectivity index (χ2v) is 12.3. The normalized spacial score (nSPS) is 16.8. The zero-order valence-electron chi connectivity index (χ0n) is 28.2. The van der Waals surface area contributed by atoms with Crippen LogP contribution in [0.15, 0.2) is 66.9 Å². The third-order valence-electron chi connectivity index (χ3n) is 9.20. The Morgan fingerprint density at radius 2 is 1.64 bits per heavy atom. The Morgan fingerprint density at radius 3 is 2.19 bits per heavy atom. The van der Waals surface area contributed by atoms with E-state index in [-0.39, 0.29) is 12.2 Å². The summed E-state index contributed by atoms with van der Waals surface area (Å²) in [4.78, 5) is 22.5. The first kappa shape index (κ1) is 35.9. The molecule has 0 bridgehead atoms. The lowest BCUT2D eigenvalue weighted by atomic mass is 9.73. The molecule has 9 nitrogen and oxygen atoms in total. The number of halogens is 2. The van der Waals surface area contributed by atoms with Crippen molar-refractivity contribution in [2.75, 3.05) is 64.1 Å². The Kier molecular flexibility index (Phi) is 12.8. The Hall–Kier alpha value is -3.93. The number of hydrogen-bond acceptors (Lipinski definition) is 8. The van der Waals surface area contributed by atoms with E-state index in [1.807, 2.05) is 32.2 Å². The second kappa shape index (κ2) is 16.8. The number of piperidine rings is 2. The summed E-state index contributed by atoms with van der Waals surface area (Å²) < 4.78 is 27.6. The average molecular weight is 650 g/mol. The van der Waals surface area contributed by atoms with Crippen molar-refractivity contribution in [3.63, 3.8) is 0 Å². The van der Waals surface area contributed by atoms with Crippen LogP contribution in [0.2, 0.25) is 0 Å². The van der Waals surface area contributed by atoms with Crippen LogP contribution in [0.3, 0.4) is 0 Å². The molecule has 0 aliphatic carbocycles. The highest BCUT2D eigenvalue weighted by Crippen LogP contribution is 2.38. The fourth-order valence-electron chi connectivity index (χ4n) is 6.17. The van der Waals surface area contributed by atoms with Crippen LogP contribution < -0.4 is 10.2 Å². The maximum Gasteiger partial charge on any atom is 0.263 e. The largest absolute Gasteiger partial charge is 0.395 e. The van der Waals surface area contributed by atoms with Crippen LogP contribution in [0.1, 0.15) is 67.4 Å². The lowest BCUT2D eigenvalue weighted by Gasteiger charge is -2.42. The van der Waals surface area contributed by atoms with Crippen molar-refractivity contribution in [3.8, 4) is 0 Å². The van der Waals surface area contributed by atoms with Gasteiger partial charge in [-0.2, -0.15) is 4.98 Å². The number of carbonyl (C=O) groups excluding carboxylic acids is 1. The number of aliphatic hydroxyl groups is 1. The predicted molar refractivity (Wildman–Crippen MR) is 185 cm³/mol. The monoisotopic (exact) mass is 649 g/mol. The smallest absolute Gasteiger partial charge is 0.263 e. The van der Waals surface area contributed by atoms with Crippen molar-refractivity contribution in [2.45, 2.75) is 57.4 Å². The highest BCUT2D eigenvalue weighted by molar-refractivity contribution is 5.76. The van der Waals surface area contributed by atoms with E-state index in [4.69, 9.17) is 0 Å². The molecule has 47 heavy (non-hydrogen) atoms. The molecule has 11 heteroatoms. The number of likely N-dealkylation sites (tertiary alicyclic amines) is 1. The minimum Gasteiger partial charge on any atom is -0.395 e. The van der Waals surface area contributed by atoms with Crippen LogP contribution in [0.5, 0.6) is 0 Å². The molecular formula is C36H49F2N7O2. The van der Waals surface area contributed by atoms with Crippen molar-refractivity contribution in [1.29, 1.82) is 0 Å². The molecule has 0 unspecified atom stereocenters. The first-order chi connectivity index (χ1) is 22.7. The van der Waals surface area contributed by atoms with Crippen LogP contribution in [-0.4, -0.2) is 95.8 Å². The van der Waals surface area contributed by atoms with Gasteiger partial charge >= 0.3 is 0 Å². The lowest BCUT2D eigenvalue weighted by Crippen LogP contribution is -2.45. The van der Waals surface area contributed by atoms with Gasteiger partial charge in [0.15, 0.2) is 5.65 Å². The molecule has 0 saturated carbocycles. The molecule has 6 rings (SSSR count). The number of fused-ring (bicyclic) bond motifs is 1. The van der Waals surface area contributed by atoms with Gasteiger partial charge < -0.3 is 25.1 Å². The lowest BCUT2D eigenvalue weighted by molar-refractivity contribution is 0.112. The minimum atomic E-state index is -2.50. The third-order valence-corrected chi connectivity index (χ3v) is 9.20. The van der Waals surface area contributed by atoms with Crippen LogP contribution >= 0.6 is 0 Å². The molecule has 0 spiro atoms. The number of rotatable bonds is 8. The molecule has 4 heterocycles. The molecule has 254 valence electrons. The van der Waals surface area contributed by atoms with E-state index >= 15 is 0 Å². The fourth-order valence-corrected chi connectivity index (χ4v) is 6.17. The number of aldehydes is 1. The van der Waals surface area contributed by atoms with Gasteiger partial charge in [0.2, 0.25) is 5.95 Å². The number of aromatic nitrogens is 3. The number of nitrogens with one attached hydrogen (secondary N) is 1. The molecule has 2 fully saturated rings. The Balaban J connectivity index is 0.000000354. The quantitative estimate of drug-likeness (QED) is 0.212. The summed E-state index contributed by atoms with van der Waals surface area (Å²) in [5, 5.41) is 17.9. The highest BCUT2D eigenvalue weighted by atomic mass is 19.3. The van der Waals surface area contributed by atoms with Crippen molar-refractivity contribution >= 4 is 29.3 Å². The molecule has 2 aliphatic rings. The number of aliphatic hydroxyl groups excluding tert-OH is 1. The molecule has 2 saturated heterocycles. The predicted octanol–water partition coefficient (Wildman–Crippen LogP) is 6.42. The van der Waals surface area contributed by atoms with Gasteiger partial charge in [-0.25, -0.2) is 13.3 Å². The zero-order valence-corrected chi connectivity index (χ0v) is 28.2. The summed E-state index contributed by atoms with van der Waals surface area (Å²) in [6, 6.07) is 18.1. The number of anilines is 3. The minimum absolute atomic E-state index is 0.0122. The highest BCUT2D eigenvalue weighted by Gasteiger charge is 2.36. The number of carbonyl (C=O) groups is 1. The molecule has 0 radical (unpaired) electrons. The number of nitrogens with zero attached hydrogens (tertiary/aromatic N) is 6. The average Bonchev–Trinajstić information content (AvgIpc) is 3.53. The number of alkyl halides is 2. The van der Waals surface area contributed by atoms with Gasteiger partial charge in [0.05, 0.1) is 12.3 Å². The number of pyridine rings is 1. The van der Waals surface area contributed by atoms with Crippen LogP contribution in [-0.2, 0) is 5.41 Å². The van der Waals surface area contributed by atoms with E-state index in [0.29, 0.717) is 43.1 Å². The first-order valence-corrected chi connectivity index (χ1v) is 16.5. The molecule has 2 N–H and O–H groups in total.